The van der Waals surface area contributed by atoms with E-state index >= 15 is 8.78 Å². The number of H-pyrrole nitrogens is 2. The van der Waals surface area contributed by atoms with E-state index < -0.39 is 35.9 Å². The van der Waals surface area contributed by atoms with Gasteiger partial charge in [0.25, 0.3) is 0 Å². The third-order valence-electron chi connectivity index (χ3n) is 16.6. The Labute approximate surface area is 457 Å². The molecule has 6 aromatic rings. The van der Waals surface area contributed by atoms with E-state index in [1.807, 2.05) is 56.9 Å². The van der Waals surface area contributed by atoms with Crippen molar-refractivity contribution in [2.45, 2.75) is 126 Å². The number of piperidine rings is 1. The number of likely N-dealkylation sites (tertiary alicyclic amines) is 2. The summed E-state index contributed by atoms with van der Waals surface area (Å²) in [7, 11) is 2.69. The molecule has 4 fully saturated rings. The van der Waals surface area contributed by atoms with Gasteiger partial charge in [0, 0.05) is 42.8 Å². The molecule has 0 aliphatic carbocycles. The molecule has 4 aliphatic rings. The predicted molar refractivity (Wildman–Crippen MR) is 300 cm³/mol. The molecule has 78 heavy (non-hydrogen) atoms. The summed E-state index contributed by atoms with van der Waals surface area (Å²) in [5, 5.41) is 5.44. The van der Waals surface area contributed by atoms with Gasteiger partial charge in [-0.3, -0.25) is 9.59 Å². The van der Waals surface area contributed by atoms with Gasteiger partial charge in [-0.1, -0.05) is 52.0 Å². The lowest BCUT2D eigenvalue weighted by atomic mass is 9.89. The second kappa shape index (κ2) is 22.8. The lowest BCUT2D eigenvalue weighted by Crippen LogP contribution is -2.51. The van der Waals surface area contributed by atoms with E-state index in [1.165, 1.54) is 36.8 Å². The minimum Gasteiger partial charge on any atom is -0.453 e. The highest BCUT2D eigenvalue weighted by atomic mass is 32.2. The van der Waals surface area contributed by atoms with Crippen molar-refractivity contribution in [2.24, 2.45) is 11.8 Å². The molecule has 16 nitrogen and oxygen atoms in total. The molecule has 19 heteroatoms. The van der Waals surface area contributed by atoms with Crippen LogP contribution in [0.5, 0.6) is 0 Å². The lowest BCUT2D eigenvalue weighted by molar-refractivity contribution is -0.136. The Morgan fingerprint density at radius 1 is 0.615 bits per heavy atom. The summed E-state index contributed by atoms with van der Waals surface area (Å²) >= 11 is 0. The van der Waals surface area contributed by atoms with Crippen LogP contribution in [0.25, 0.3) is 22.1 Å². The minimum absolute atomic E-state index is 0.000175. The number of halogens is 2. The van der Waals surface area contributed by atoms with Crippen LogP contribution in [-0.2, 0) is 30.0 Å². The number of ether oxygens (including phenoxy) is 2. The number of carbonyl (C=O) groups is 4. The SMILES string of the molecule is COC(=O)N[C@H](C(=O)N1CCC[C@H]1c1nc2ccc([C@H]3CC[C@H](c4ccc5nc([C@@H]6CCCN6C(=O)[C@@H](NC(=O)OC)C(C)C)[nH]c5c4)N3c3cc(F)c(N4CCC(c5cccc([S+](C)C)c5)CC4)c(F)c3)cc2[nH]1)C(C)C. The first kappa shape index (κ1) is 54.5. The van der Waals surface area contributed by atoms with Crippen LogP contribution in [0, 0.1) is 23.5 Å². The van der Waals surface area contributed by atoms with Gasteiger partial charge >= 0.3 is 12.2 Å². The van der Waals surface area contributed by atoms with Crippen molar-refractivity contribution in [1.29, 1.82) is 0 Å². The fraction of sp³-hybridized carbons (Fsp3) is 0.492. The van der Waals surface area contributed by atoms with Crippen molar-refractivity contribution < 1.29 is 37.4 Å². The molecule has 0 radical (unpaired) electrons. The quantitative estimate of drug-likeness (QED) is 0.0767. The number of hydrogen-bond acceptors (Lipinski definition) is 10. The van der Waals surface area contributed by atoms with Crippen molar-refractivity contribution in [3.05, 3.63) is 113 Å². The number of rotatable bonds is 14. The van der Waals surface area contributed by atoms with E-state index in [2.05, 4.69) is 74.4 Å². The molecule has 0 unspecified atom stereocenters. The van der Waals surface area contributed by atoms with Crippen molar-refractivity contribution in [3.8, 4) is 0 Å². The van der Waals surface area contributed by atoms with E-state index in [0.717, 1.165) is 58.9 Å². The van der Waals surface area contributed by atoms with Crippen LogP contribution in [0.4, 0.5) is 29.7 Å². The highest BCUT2D eigenvalue weighted by Gasteiger charge is 2.41. The molecule has 6 heterocycles. The van der Waals surface area contributed by atoms with E-state index in [0.29, 0.717) is 75.1 Å². The van der Waals surface area contributed by atoms with Crippen LogP contribution in [-0.4, -0.2) is 119 Å². The number of hydrogen-bond donors (Lipinski definition) is 4. The van der Waals surface area contributed by atoms with E-state index in [1.54, 1.807) is 9.80 Å². The molecule has 0 spiro atoms. The van der Waals surface area contributed by atoms with Crippen LogP contribution in [0.2, 0.25) is 0 Å². The van der Waals surface area contributed by atoms with Crippen LogP contribution in [0.1, 0.15) is 137 Å². The largest absolute Gasteiger partial charge is 0.453 e. The molecule has 4 aliphatic heterocycles. The standard InChI is InChI=1S/C59H72F2N10O6S/c1-33(2)51(66-58(74)76-5)56(72)69-24-10-14-49(69)54-62-43-18-16-37(29-45(43)64-54)47-20-21-48(38-17-19-44-46(30-38)65-55(63-44)50-15-11-25-70(50)57(73)52(34(3)4)67-59(75)77-6)71(47)39-31-41(60)53(42(61)32-39)68-26-22-35(23-27-68)36-12-9-13-40(28-36)78(7)8/h9,12-13,16-19,28-35,47-52H,10-11,14-15,20-27H2,1-8H3,(H3-,62,63,64,65,66,67,74,75)/p+1/t47-,48-,49+,50+,51+,52+/m1/s1. The van der Waals surface area contributed by atoms with Crippen LogP contribution in [0.3, 0.4) is 0 Å². The third kappa shape index (κ3) is 10.8. The second-order valence-corrected chi connectivity index (χ2v) is 24.4. The van der Waals surface area contributed by atoms with Gasteiger partial charge in [0.2, 0.25) is 11.8 Å². The summed E-state index contributed by atoms with van der Waals surface area (Å²) in [5.41, 5.74) is 6.59. The number of carbonyl (C=O) groups excluding carboxylic acids is 4. The zero-order chi connectivity index (χ0) is 55.1. The van der Waals surface area contributed by atoms with Crippen molar-refractivity contribution >= 4 is 68.3 Å². The number of benzene rings is 4. The van der Waals surface area contributed by atoms with Gasteiger partial charge in [0.15, 0.2) is 16.5 Å². The topological polar surface area (TPSA) is 181 Å². The second-order valence-electron chi connectivity index (χ2n) is 22.3. The number of amides is 4. The first-order chi connectivity index (χ1) is 37.5. The Balaban J connectivity index is 0.962. The number of nitrogens with one attached hydrogen (secondary N) is 4. The normalized spacial score (nSPS) is 20.9. The fourth-order valence-electron chi connectivity index (χ4n) is 12.5. The predicted octanol–water partition coefficient (Wildman–Crippen LogP) is 10.5. The Morgan fingerprint density at radius 3 is 1.55 bits per heavy atom. The average Bonchev–Trinajstić information content (AvgIpc) is 4.45. The molecule has 4 aromatic carbocycles. The van der Waals surface area contributed by atoms with Crippen molar-refractivity contribution in [2.75, 3.05) is 62.7 Å². The van der Waals surface area contributed by atoms with Crippen molar-refractivity contribution in [1.82, 2.24) is 40.4 Å². The Bertz CT molecular complexity index is 3020. The maximum Gasteiger partial charge on any atom is 0.407 e. The number of aromatic nitrogens is 4. The molecule has 4 saturated heterocycles. The average molecular weight is 1090 g/mol. The number of aromatic amines is 2. The third-order valence-corrected chi connectivity index (χ3v) is 17.8. The van der Waals surface area contributed by atoms with E-state index in [-0.39, 0.29) is 64.4 Å². The number of alkyl carbamates (subject to hydrolysis) is 2. The molecule has 4 N–H and O–H groups in total. The zero-order valence-corrected chi connectivity index (χ0v) is 46.7. The number of anilines is 2. The van der Waals surface area contributed by atoms with Gasteiger partial charge in [-0.15, -0.1) is 0 Å². The highest BCUT2D eigenvalue weighted by molar-refractivity contribution is 7.95. The Morgan fingerprint density at radius 2 is 1.10 bits per heavy atom. The summed E-state index contributed by atoms with van der Waals surface area (Å²) in [6, 6.07) is 21.1. The van der Waals surface area contributed by atoms with Gasteiger partial charge in [0.1, 0.15) is 41.9 Å². The van der Waals surface area contributed by atoms with Gasteiger partial charge in [-0.25, -0.2) is 28.3 Å². The molecule has 4 amide bonds. The molecule has 0 saturated carbocycles. The smallest absolute Gasteiger partial charge is 0.407 e. The summed E-state index contributed by atoms with van der Waals surface area (Å²) < 4.78 is 43.6. The van der Waals surface area contributed by atoms with Crippen molar-refractivity contribution in [3.63, 3.8) is 0 Å². The Hall–Kier alpha value is -6.89. The minimum atomic E-state index is -0.769. The summed E-state index contributed by atoms with van der Waals surface area (Å²) in [4.78, 5) is 78.5. The number of methoxy groups -OCH3 is 2. The van der Waals surface area contributed by atoms with Crippen LogP contribution >= 0.6 is 0 Å². The van der Waals surface area contributed by atoms with E-state index in [9.17, 15) is 19.2 Å². The molecule has 6 atom stereocenters. The maximum atomic E-state index is 17.0. The molecular weight excluding hydrogens is 1010 g/mol. The Kier molecular flexibility index (Phi) is 15.9. The van der Waals surface area contributed by atoms with Gasteiger partial charge in [-0.05, 0) is 134 Å². The highest BCUT2D eigenvalue weighted by Crippen LogP contribution is 2.49. The molecule has 10 rings (SSSR count). The summed E-state index contributed by atoms with van der Waals surface area (Å²) in [6.45, 7) is 9.65. The number of fused-ring (bicyclic) bond motifs is 2. The first-order valence-electron chi connectivity index (χ1n) is 27.5. The summed E-state index contributed by atoms with van der Waals surface area (Å²) in [5.74, 6) is -0.338. The lowest BCUT2D eigenvalue weighted by Gasteiger charge is -2.36. The molecular formula is C59H73F2N10O6S+. The monoisotopic (exact) mass is 1090 g/mol. The van der Waals surface area contributed by atoms with Gasteiger partial charge in [-0.2, -0.15) is 0 Å². The molecule has 2 aromatic heterocycles. The number of imidazole rings is 2. The van der Waals surface area contributed by atoms with Gasteiger partial charge < -0.3 is 49.7 Å². The van der Waals surface area contributed by atoms with Crippen LogP contribution < -0.4 is 20.4 Å². The summed E-state index contributed by atoms with van der Waals surface area (Å²) in [6.07, 6.45) is 8.97. The zero-order valence-electron chi connectivity index (χ0n) is 45.9. The first-order valence-corrected chi connectivity index (χ1v) is 29.5. The maximum absolute atomic E-state index is 17.0. The molecule has 414 valence electrons. The fourth-order valence-corrected chi connectivity index (χ4v) is 13.2. The number of nitrogens with zero attached hydrogens (tertiary/aromatic N) is 6. The van der Waals surface area contributed by atoms with E-state index in [4.69, 9.17) is 19.4 Å². The molecule has 0 bridgehead atoms. The van der Waals surface area contributed by atoms with Crippen LogP contribution in [0.15, 0.2) is 77.7 Å². The van der Waals surface area contributed by atoms with Gasteiger partial charge in [0.05, 0.1) is 60.5 Å².